The molecule has 2 aliphatic rings. The van der Waals surface area contributed by atoms with Crippen molar-refractivity contribution in [1.82, 2.24) is 0 Å². The minimum Gasteiger partial charge on any atom is -0.443 e. The van der Waals surface area contributed by atoms with Crippen LogP contribution >= 0.6 is 0 Å². The van der Waals surface area contributed by atoms with Crippen LogP contribution in [0.1, 0.15) is 5.56 Å². The zero-order valence-electron chi connectivity index (χ0n) is 11.8. The SMILES string of the molecule is CO[C@@H](C(Cc1ccccc1)OC(N)=O)[C@H]1OC[C@H]2O[C@@H]12. The first-order chi connectivity index (χ1) is 10.2. The number of methoxy groups -OCH3 is 1. The zero-order valence-corrected chi connectivity index (χ0v) is 11.8. The first kappa shape index (κ1) is 14.3. The number of fused-ring (bicyclic) bond motifs is 1. The van der Waals surface area contributed by atoms with Crippen molar-refractivity contribution in [2.75, 3.05) is 13.7 Å². The maximum atomic E-state index is 11.2. The lowest BCUT2D eigenvalue weighted by Crippen LogP contribution is -2.46. The standard InChI is InChI=1S/C15H19NO5/c1-18-12(14-13-11(20-13)8-19-14)10(21-15(16)17)7-9-5-3-2-4-6-9/h2-6,10-14H,7-8H2,1H3,(H2,16,17)/t10?,11-,12+,13-,14-/m1/s1. The monoisotopic (exact) mass is 293 g/mol. The summed E-state index contributed by atoms with van der Waals surface area (Å²) >= 11 is 0. The first-order valence-electron chi connectivity index (χ1n) is 6.99. The predicted octanol–water partition coefficient (Wildman–Crippen LogP) is 0.874. The topological polar surface area (TPSA) is 83.3 Å². The van der Waals surface area contributed by atoms with E-state index in [4.69, 9.17) is 24.7 Å². The number of carbonyl (C=O) groups excluding carboxylic acids is 1. The number of benzene rings is 1. The molecule has 21 heavy (non-hydrogen) atoms. The van der Waals surface area contributed by atoms with E-state index in [1.165, 1.54) is 0 Å². The number of amides is 1. The molecule has 5 atom stereocenters. The van der Waals surface area contributed by atoms with Gasteiger partial charge in [-0.15, -0.1) is 0 Å². The summed E-state index contributed by atoms with van der Waals surface area (Å²) in [6.45, 7) is 0.559. The molecule has 0 aliphatic carbocycles. The van der Waals surface area contributed by atoms with Crippen LogP contribution in [0.5, 0.6) is 0 Å². The van der Waals surface area contributed by atoms with Crippen LogP contribution in [-0.4, -0.2) is 50.3 Å². The van der Waals surface area contributed by atoms with Gasteiger partial charge in [0.05, 0.1) is 6.61 Å². The summed E-state index contributed by atoms with van der Waals surface area (Å²) in [6, 6.07) is 9.74. The van der Waals surface area contributed by atoms with E-state index >= 15 is 0 Å². The third-order valence-electron chi connectivity index (χ3n) is 3.91. The average molecular weight is 293 g/mol. The summed E-state index contributed by atoms with van der Waals surface area (Å²) < 4.78 is 22.0. The summed E-state index contributed by atoms with van der Waals surface area (Å²) in [5.41, 5.74) is 6.23. The van der Waals surface area contributed by atoms with Crippen LogP contribution in [0.15, 0.2) is 30.3 Å². The van der Waals surface area contributed by atoms with Crippen LogP contribution in [0, 0.1) is 0 Å². The van der Waals surface area contributed by atoms with E-state index in [9.17, 15) is 4.79 Å². The normalized spacial score (nSPS) is 29.5. The molecule has 1 unspecified atom stereocenters. The molecule has 2 heterocycles. The fraction of sp³-hybridized carbons (Fsp3) is 0.533. The van der Waals surface area contributed by atoms with Crippen LogP contribution in [0.2, 0.25) is 0 Å². The van der Waals surface area contributed by atoms with Crippen LogP contribution in [0.3, 0.4) is 0 Å². The Hall–Kier alpha value is -1.63. The number of rotatable bonds is 6. The van der Waals surface area contributed by atoms with E-state index in [-0.39, 0.29) is 18.3 Å². The van der Waals surface area contributed by atoms with Gasteiger partial charge in [0.15, 0.2) is 0 Å². The molecule has 114 valence electrons. The Morgan fingerprint density at radius 1 is 1.43 bits per heavy atom. The highest BCUT2D eigenvalue weighted by Crippen LogP contribution is 2.37. The van der Waals surface area contributed by atoms with Crippen molar-refractivity contribution in [2.45, 2.75) is 36.9 Å². The number of ether oxygens (including phenoxy) is 4. The predicted molar refractivity (Wildman–Crippen MR) is 73.8 cm³/mol. The Morgan fingerprint density at radius 2 is 2.19 bits per heavy atom. The fourth-order valence-corrected chi connectivity index (χ4v) is 2.88. The third kappa shape index (κ3) is 3.18. The molecular weight excluding hydrogens is 274 g/mol. The highest BCUT2D eigenvalue weighted by atomic mass is 16.7. The lowest BCUT2D eigenvalue weighted by molar-refractivity contribution is -0.112. The lowest BCUT2D eigenvalue weighted by atomic mass is 9.98. The highest BCUT2D eigenvalue weighted by Gasteiger charge is 2.56. The Balaban J connectivity index is 1.74. The highest BCUT2D eigenvalue weighted by molar-refractivity contribution is 5.64. The van der Waals surface area contributed by atoms with Crippen LogP contribution in [-0.2, 0) is 25.4 Å². The smallest absolute Gasteiger partial charge is 0.404 e. The van der Waals surface area contributed by atoms with Crippen LogP contribution in [0.4, 0.5) is 4.79 Å². The van der Waals surface area contributed by atoms with E-state index in [1.54, 1.807) is 7.11 Å². The van der Waals surface area contributed by atoms with Crippen molar-refractivity contribution < 1.29 is 23.7 Å². The number of primary amides is 1. The average Bonchev–Trinajstić information content (AvgIpc) is 3.14. The molecule has 6 nitrogen and oxygen atoms in total. The van der Waals surface area contributed by atoms with Crippen LogP contribution < -0.4 is 5.73 Å². The molecular formula is C15H19NO5. The van der Waals surface area contributed by atoms with Crippen molar-refractivity contribution in [2.24, 2.45) is 5.73 Å². The molecule has 3 rings (SSSR count). The summed E-state index contributed by atoms with van der Waals surface area (Å²) in [5, 5.41) is 0. The quantitative estimate of drug-likeness (QED) is 0.787. The lowest BCUT2D eigenvalue weighted by Gasteiger charge is -2.29. The molecule has 0 aromatic heterocycles. The van der Waals surface area contributed by atoms with Gasteiger partial charge in [0.1, 0.15) is 30.5 Å². The van der Waals surface area contributed by atoms with Gasteiger partial charge in [-0.2, -0.15) is 0 Å². The Labute approximate surface area is 123 Å². The second-order valence-electron chi connectivity index (χ2n) is 5.30. The second-order valence-corrected chi connectivity index (χ2v) is 5.30. The summed E-state index contributed by atoms with van der Waals surface area (Å²) in [5.74, 6) is 0. The molecule has 2 aliphatic heterocycles. The Morgan fingerprint density at radius 3 is 2.71 bits per heavy atom. The van der Waals surface area contributed by atoms with Gasteiger partial charge in [0.25, 0.3) is 0 Å². The maximum Gasteiger partial charge on any atom is 0.404 e. The van der Waals surface area contributed by atoms with E-state index in [0.29, 0.717) is 13.0 Å². The van der Waals surface area contributed by atoms with Gasteiger partial charge in [-0.05, 0) is 5.56 Å². The van der Waals surface area contributed by atoms with E-state index in [2.05, 4.69) is 0 Å². The minimum atomic E-state index is -0.816. The van der Waals surface area contributed by atoms with E-state index < -0.39 is 18.3 Å². The minimum absolute atomic E-state index is 0.0321. The number of epoxide rings is 1. The van der Waals surface area contributed by atoms with Gasteiger partial charge in [-0.25, -0.2) is 4.79 Å². The van der Waals surface area contributed by atoms with Crippen molar-refractivity contribution in [3.63, 3.8) is 0 Å². The maximum absolute atomic E-state index is 11.2. The summed E-state index contributed by atoms with van der Waals surface area (Å²) in [7, 11) is 1.58. The zero-order chi connectivity index (χ0) is 14.8. The van der Waals surface area contributed by atoms with Gasteiger partial charge in [0.2, 0.25) is 0 Å². The van der Waals surface area contributed by atoms with Gasteiger partial charge >= 0.3 is 6.09 Å². The number of hydrogen-bond donors (Lipinski definition) is 1. The van der Waals surface area contributed by atoms with Gasteiger partial charge in [-0.3, -0.25) is 0 Å². The van der Waals surface area contributed by atoms with Gasteiger partial charge < -0.3 is 24.7 Å². The molecule has 0 saturated carbocycles. The molecule has 6 heteroatoms. The largest absolute Gasteiger partial charge is 0.443 e. The number of nitrogens with two attached hydrogens (primary N) is 1. The van der Waals surface area contributed by atoms with Gasteiger partial charge in [0, 0.05) is 13.5 Å². The molecule has 1 aromatic carbocycles. The van der Waals surface area contributed by atoms with E-state index in [1.807, 2.05) is 30.3 Å². The van der Waals surface area contributed by atoms with Crippen molar-refractivity contribution in [3.05, 3.63) is 35.9 Å². The molecule has 0 bridgehead atoms. The summed E-state index contributed by atoms with van der Waals surface area (Å²) in [4.78, 5) is 11.2. The van der Waals surface area contributed by atoms with Crippen molar-refractivity contribution in [3.8, 4) is 0 Å². The number of hydrogen-bond acceptors (Lipinski definition) is 5. The molecule has 2 fully saturated rings. The van der Waals surface area contributed by atoms with Crippen molar-refractivity contribution in [1.29, 1.82) is 0 Å². The summed E-state index contributed by atoms with van der Waals surface area (Å²) in [6.07, 6.45) is -1.27. The van der Waals surface area contributed by atoms with E-state index in [0.717, 1.165) is 5.56 Å². The molecule has 2 saturated heterocycles. The van der Waals surface area contributed by atoms with Crippen LogP contribution in [0.25, 0.3) is 0 Å². The molecule has 1 amide bonds. The molecule has 1 aromatic rings. The van der Waals surface area contributed by atoms with Gasteiger partial charge in [-0.1, -0.05) is 30.3 Å². The Bertz CT molecular complexity index is 494. The van der Waals surface area contributed by atoms with Crippen molar-refractivity contribution >= 4 is 6.09 Å². The Kier molecular flexibility index (Phi) is 4.10. The third-order valence-corrected chi connectivity index (χ3v) is 3.91. The fourth-order valence-electron chi connectivity index (χ4n) is 2.88. The molecule has 0 spiro atoms. The molecule has 2 N–H and O–H groups in total. The molecule has 0 radical (unpaired) electrons. The second kappa shape index (κ2) is 6.01. The first-order valence-corrected chi connectivity index (χ1v) is 6.99. The number of carbonyl (C=O) groups is 1.